The van der Waals surface area contributed by atoms with E-state index in [0.717, 1.165) is 35.1 Å². The van der Waals surface area contributed by atoms with Crippen LogP contribution in [0, 0.1) is 5.92 Å². The average molecular weight is 530 g/mol. The Balaban J connectivity index is 1.55. The standard InChI is InChI=1S/C30H27NO8/c1-5-38-21-11-10-16(17-8-6-7-9-18(17)21)14-31-29(36)25-22(37-4)12-20(34)26-27(25)39-23-13-19(33)24(15(2)32)28(35)30(23,26)3/h6-13,24,34H,5,14H2,1-4H3,(H,31,36)/t24?,30-/m1/s1. The summed E-state index contributed by atoms with van der Waals surface area (Å²) in [6, 6.07) is 12.6. The van der Waals surface area contributed by atoms with Crippen molar-refractivity contribution in [2.75, 3.05) is 13.7 Å². The van der Waals surface area contributed by atoms with Crippen LogP contribution in [0.5, 0.6) is 23.0 Å². The van der Waals surface area contributed by atoms with E-state index in [1.165, 1.54) is 20.1 Å². The normalized spacial score (nSPS) is 19.6. The number of carbonyl (C=O) groups is 4. The highest BCUT2D eigenvalue weighted by Crippen LogP contribution is 2.56. The van der Waals surface area contributed by atoms with Crippen molar-refractivity contribution in [3.8, 4) is 23.0 Å². The summed E-state index contributed by atoms with van der Waals surface area (Å²) in [5.41, 5.74) is -0.825. The molecule has 0 aromatic heterocycles. The number of phenols is 1. The number of allylic oxidation sites excluding steroid dienone is 2. The minimum Gasteiger partial charge on any atom is -0.507 e. The van der Waals surface area contributed by atoms with E-state index in [4.69, 9.17) is 14.2 Å². The van der Waals surface area contributed by atoms with Gasteiger partial charge in [-0.15, -0.1) is 0 Å². The van der Waals surface area contributed by atoms with Crippen LogP contribution in [0.2, 0.25) is 0 Å². The Morgan fingerprint density at radius 1 is 1.10 bits per heavy atom. The van der Waals surface area contributed by atoms with Gasteiger partial charge in [-0.2, -0.15) is 0 Å². The zero-order chi connectivity index (χ0) is 28.1. The molecule has 0 spiro atoms. The number of aromatic hydroxyl groups is 1. The number of Topliss-reactive ketones (excluding diaryl/α,β-unsaturated/α-hetero) is 2. The lowest BCUT2D eigenvalue weighted by atomic mass is 9.67. The van der Waals surface area contributed by atoms with Gasteiger partial charge in [-0.1, -0.05) is 30.3 Å². The van der Waals surface area contributed by atoms with E-state index in [9.17, 15) is 24.3 Å². The number of rotatable bonds is 7. The minimum absolute atomic E-state index is 0.00923. The molecule has 1 amide bonds. The van der Waals surface area contributed by atoms with Crippen LogP contribution in [0.3, 0.4) is 0 Å². The fraction of sp³-hybridized carbons (Fsp3) is 0.267. The number of amides is 1. The zero-order valence-corrected chi connectivity index (χ0v) is 21.9. The van der Waals surface area contributed by atoms with Crippen molar-refractivity contribution in [1.82, 2.24) is 5.32 Å². The van der Waals surface area contributed by atoms with Gasteiger partial charge in [0.1, 0.15) is 45.7 Å². The number of nitrogens with one attached hydrogen (secondary N) is 1. The van der Waals surface area contributed by atoms with Gasteiger partial charge in [0, 0.05) is 24.1 Å². The zero-order valence-electron chi connectivity index (χ0n) is 21.9. The fourth-order valence-corrected chi connectivity index (χ4v) is 5.39. The SMILES string of the molecule is CCOc1ccc(CNC(=O)c2c(OC)cc(O)c3c2OC2=CC(=O)C(C(C)=O)C(=O)[C@]23C)c2ccccc12. The van der Waals surface area contributed by atoms with Crippen molar-refractivity contribution in [1.29, 1.82) is 0 Å². The molecule has 2 N–H and O–H groups in total. The van der Waals surface area contributed by atoms with Gasteiger partial charge in [0.15, 0.2) is 17.3 Å². The van der Waals surface area contributed by atoms with Crippen molar-refractivity contribution in [3.05, 3.63) is 71.0 Å². The smallest absolute Gasteiger partial charge is 0.259 e. The lowest BCUT2D eigenvalue weighted by Gasteiger charge is -2.30. The Labute approximate surface area is 224 Å². The van der Waals surface area contributed by atoms with Gasteiger partial charge in [-0.3, -0.25) is 19.2 Å². The highest BCUT2D eigenvalue weighted by molar-refractivity contribution is 6.27. The first kappa shape index (κ1) is 26.0. The molecule has 9 heteroatoms. The third-order valence-corrected chi connectivity index (χ3v) is 7.31. The first-order valence-electron chi connectivity index (χ1n) is 12.5. The van der Waals surface area contributed by atoms with Crippen LogP contribution in [0.25, 0.3) is 10.8 Å². The molecule has 1 unspecified atom stereocenters. The number of hydrogen-bond donors (Lipinski definition) is 2. The Kier molecular flexibility index (Phi) is 6.38. The van der Waals surface area contributed by atoms with E-state index in [2.05, 4.69) is 5.32 Å². The van der Waals surface area contributed by atoms with Gasteiger partial charge in [-0.05, 0) is 37.8 Å². The Morgan fingerprint density at radius 3 is 2.49 bits per heavy atom. The van der Waals surface area contributed by atoms with E-state index < -0.39 is 34.6 Å². The number of fused-ring (bicyclic) bond motifs is 4. The minimum atomic E-state index is -1.63. The number of carbonyl (C=O) groups excluding carboxylic acids is 4. The summed E-state index contributed by atoms with van der Waals surface area (Å²) in [5.74, 6) is -3.87. The Hall–Kier alpha value is -4.66. The summed E-state index contributed by atoms with van der Waals surface area (Å²) in [5, 5.41) is 15.6. The molecule has 2 aliphatic rings. The maximum atomic E-state index is 13.6. The largest absolute Gasteiger partial charge is 0.507 e. The quantitative estimate of drug-likeness (QED) is 0.443. The molecule has 0 bridgehead atoms. The second-order valence-electron chi connectivity index (χ2n) is 9.61. The van der Waals surface area contributed by atoms with E-state index in [0.29, 0.717) is 6.61 Å². The summed E-state index contributed by atoms with van der Waals surface area (Å²) >= 11 is 0. The molecular weight excluding hydrogens is 502 g/mol. The summed E-state index contributed by atoms with van der Waals surface area (Å²) in [6.07, 6.45) is 1.09. The van der Waals surface area contributed by atoms with Gasteiger partial charge in [0.05, 0.1) is 19.3 Å². The molecule has 5 rings (SSSR count). The van der Waals surface area contributed by atoms with Gasteiger partial charge in [0.2, 0.25) is 0 Å². The van der Waals surface area contributed by atoms with E-state index in [-0.39, 0.29) is 40.7 Å². The molecule has 1 heterocycles. The highest BCUT2D eigenvalue weighted by atomic mass is 16.5. The molecule has 3 aromatic rings. The van der Waals surface area contributed by atoms with Crippen LogP contribution in [-0.2, 0) is 26.3 Å². The van der Waals surface area contributed by atoms with Gasteiger partial charge >= 0.3 is 0 Å². The average Bonchev–Trinajstić information content (AvgIpc) is 3.21. The lowest BCUT2D eigenvalue weighted by molar-refractivity contribution is -0.140. The molecule has 3 aromatic carbocycles. The fourth-order valence-electron chi connectivity index (χ4n) is 5.39. The number of hydrogen-bond acceptors (Lipinski definition) is 8. The molecule has 0 saturated carbocycles. The van der Waals surface area contributed by atoms with Gasteiger partial charge in [0.25, 0.3) is 5.91 Å². The molecule has 0 radical (unpaired) electrons. The first-order valence-corrected chi connectivity index (χ1v) is 12.5. The van der Waals surface area contributed by atoms with E-state index in [1.807, 2.05) is 43.3 Å². The number of ether oxygens (including phenoxy) is 3. The third-order valence-electron chi connectivity index (χ3n) is 7.31. The number of phenolic OH excluding ortho intramolecular Hbond substituents is 1. The van der Waals surface area contributed by atoms with Crippen LogP contribution in [0.15, 0.2) is 54.3 Å². The van der Waals surface area contributed by atoms with Crippen LogP contribution in [-0.4, -0.2) is 42.1 Å². The maximum absolute atomic E-state index is 13.6. The summed E-state index contributed by atoms with van der Waals surface area (Å²) in [6.45, 7) is 5.20. The van der Waals surface area contributed by atoms with Crippen LogP contribution in [0.1, 0.15) is 42.3 Å². The molecule has 9 nitrogen and oxygen atoms in total. The second kappa shape index (κ2) is 9.58. The topological polar surface area (TPSA) is 128 Å². The summed E-state index contributed by atoms with van der Waals surface area (Å²) in [4.78, 5) is 51.7. The van der Waals surface area contributed by atoms with Crippen LogP contribution < -0.4 is 19.5 Å². The van der Waals surface area contributed by atoms with Crippen molar-refractivity contribution in [2.45, 2.75) is 32.7 Å². The maximum Gasteiger partial charge on any atom is 0.259 e. The number of ketones is 3. The number of benzene rings is 3. The van der Waals surface area contributed by atoms with E-state index >= 15 is 0 Å². The number of methoxy groups -OCH3 is 1. The predicted molar refractivity (Wildman–Crippen MR) is 141 cm³/mol. The molecule has 1 aliphatic carbocycles. The highest BCUT2D eigenvalue weighted by Gasteiger charge is 2.58. The first-order chi connectivity index (χ1) is 18.6. The molecular formula is C30H27NO8. The summed E-state index contributed by atoms with van der Waals surface area (Å²) in [7, 11) is 1.33. The van der Waals surface area contributed by atoms with Gasteiger partial charge < -0.3 is 24.6 Å². The molecule has 39 heavy (non-hydrogen) atoms. The van der Waals surface area contributed by atoms with Gasteiger partial charge in [-0.25, -0.2) is 0 Å². The van der Waals surface area contributed by atoms with Crippen molar-refractivity contribution >= 4 is 34.0 Å². The molecule has 200 valence electrons. The van der Waals surface area contributed by atoms with Crippen molar-refractivity contribution < 1.29 is 38.5 Å². The molecule has 0 saturated heterocycles. The van der Waals surface area contributed by atoms with Crippen LogP contribution in [0.4, 0.5) is 0 Å². The second-order valence-corrected chi connectivity index (χ2v) is 9.61. The predicted octanol–water partition coefficient (Wildman–Crippen LogP) is 3.77. The third kappa shape index (κ3) is 3.93. The van der Waals surface area contributed by atoms with E-state index in [1.54, 1.807) is 0 Å². The summed E-state index contributed by atoms with van der Waals surface area (Å²) < 4.78 is 17.0. The molecule has 0 fully saturated rings. The molecule has 2 atom stereocenters. The Bertz CT molecular complexity index is 1600. The van der Waals surface area contributed by atoms with Crippen molar-refractivity contribution in [3.63, 3.8) is 0 Å². The molecule has 1 aliphatic heterocycles. The monoisotopic (exact) mass is 529 g/mol. The Morgan fingerprint density at radius 2 is 1.82 bits per heavy atom. The van der Waals surface area contributed by atoms with Crippen LogP contribution >= 0.6 is 0 Å². The lowest BCUT2D eigenvalue weighted by Crippen LogP contribution is -2.47. The van der Waals surface area contributed by atoms with Crippen molar-refractivity contribution in [2.24, 2.45) is 5.92 Å².